The summed E-state index contributed by atoms with van der Waals surface area (Å²) in [6.45, 7) is 7.08. The maximum absolute atomic E-state index is 11.7. The normalized spacial score (nSPS) is 21.2. The second-order valence-electron chi connectivity index (χ2n) is 5.32. The molecular formula is C12H24N2O3. The molecule has 3 N–H and O–H groups in total. The highest BCUT2D eigenvalue weighted by Crippen LogP contribution is 2.18. The van der Waals surface area contributed by atoms with Gasteiger partial charge in [-0.15, -0.1) is 0 Å². The van der Waals surface area contributed by atoms with Gasteiger partial charge in [-0.05, 0) is 11.8 Å². The predicted molar refractivity (Wildman–Crippen MR) is 65.7 cm³/mol. The van der Waals surface area contributed by atoms with E-state index in [1.165, 1.54) is 0 Å². The van der Waals surface area contributed by atoms with Gasteiger partial charge >= 0.3 is 0 Å². The molecule has 1 fully saturated rings. The molecule has 0 saturated carbocycles. The van der Waals surface area contributed by atoms with E-state index >= 15 is 0 Å². The average Bonchev–Trinajstić information content (AvgIpc) is 2.28. The second kappa shape index (κ2) is 6.93. The van der Waals surface area contributed by atoms with Crippen LogP contribution in [0.5, 0.6) is 0 Å². The van der Waals surface area contributed by atoms with E-state index in [0.717, 1.165) is 13.1 Å². The first kappa shape index (κ1) is 14.4. The molecule has 1 atom stereocenters. The summed E-state index contributed by atoms with van der Waals surface area (Å²) in [7, 11) is 0. The lowest BCUT2D eigenvalue weighted by molar-refractivity contribution is -0.125. The van der Waals surface area contributed by atoms with Gasteiger partial charge in [-0.1, -0.05) is 13.8 Å². The highest BCUT2D eigenvalue weighted by Gasteiger charge is 2.21. The van der Waals surface area contributed by atoms with Crippen molar-refractivity contribution in [1.82, 2.24) is 10.6 Å². The lowest BCUT2D eigenvalue weighted by atomic mass is 9.90. The van der Waals surface area contributed by atoms with E-state index in [2.05, 4.69) is 10.6 Å². The molecule has 1 aliphatic rings. The summed E-state index contributed by atoms with van der Waals surface area (Å²) in [5.41, 5.74) is -0.0594. The number of aliphatic hydroxyl groups is 1. The van der Waals surface area contributed by atoms with Crippen molar-refractivity contribution >= 4 is 5.91 Å². The van der Waals surface area contributed by atoms with Crippen molar-refractivity contribution in [2.45, 2.75) is 32.8 Å². The van der Waals surface area contributed by atoms with Crippen LogP contribution >= 0.6 is 0 Å². The van der Waals surface area contributed by atoms with Crippen LogP contribution in [0.2, 0.25) is 0 Å². The fourth-order valence-corrected chi connectivity index (χ4v) is 1.76. The van der Waals surface area contributed by atoms with Crippen LogP contribution in [0, 0.1) is 5.41 Å². The Kier molecular flexibility index (Phi) is 5.88. The second-order valence-corrected chi connectivity index (χ2v) is 5.32. The molecule has 1 aliphatic heterocycles. The zero-order valence-electron chi connectivity index (χ0n) is 10.8. The van der Waals surface area contributed by atoms with Crippen molar-refractivity contribution in [3.05, 3.63) is 0 Å². The number of nitrogens with one attached hydrogen (secondary N) is 2. The third kappa shape index (κ3) is 6.00. The lowest BCUT2D eigenvalue weighted by Crippen LogP contribution is -2.42. The molecule has 0 spiro atoms. The molecule has 1 unspecified atom stereocenters. The van der Waals surface area contributed by atoms with E-state index in [1.54, 1.807) is 0 Å². The minimum absolute atomic E-state index is 0.00953. The monoisotopic (exact) mass is 244 g/mol. The van der Waals surface area contributed by atoms with Gasteiger partial charge in [0.15, 0.2) is 0 Å². The predicted octanol–water partition coefficient (Wildman–Crippen LogP) is -0.110. The Labute approximate surface area is 103 Å². The number of morpholine rings is 1. The van der Waals surface area contributed by atoms with Gasteiger partial charge in [0.2, 0.25) is 5.91 Å². The van der Waals surface area contributed by atoms with Gasteiger partial charge in [0, 0.05) is 26.2 Å². The van der Waals surface area contributed by atoms with Crippen LogP contribution in [0.15, 0.2) is 0 Å². The quantitative estimate of drug-likeness (QED) is 0.610. The molecule has 1 amide bonds. The van der Waals surface area contributed by atoms with Gasteiger partial charge in [0.05, 0.1) is 19.1 Å². The smallest absolute Gasteiger partial charge is 0.222 e. The van der Waals surface area contributed by atoms with Crippen molar-refractivity contribution in [1.29, 1.82) is 0 Å². The van der Waals surface area contributed by atoms with Crippen LogP contribution in [0.3, 0.4) is 0 Å². The molecule has 0 bridgehead atoms. The molecule has 5 nitrogen and oxygen atoms in total. The highest BCUT2D eigenvalue weighted by atomic mass is 16.5. The Morgan fingerprint density at radius 3 is 2.94 bits per heavy atom. The van der Waals surface area contributed by atoms with Crippen LogP contribution in [-0.4, -0.2) is 50.0 Å². The summed E-state index contributed by atoms with van der Waals surface area (Å²) >= 11 is 0. The maximum atomic E-state index is 11.7. The summed E-state index contributed by atoms with van der Waals surface area (Å²) in [5.74, 6) is 0.0183. The fourth-order valence-electron chi connectivity index (χ4n) is 1.76. The summed E-state index contributed by atoms with van der Waals surface area (Å²) in [4.78, 5) is 11.7. The third-order valence-electron chi connectivity index (χ3n) is 2.97. The van der Waals surface area contributed by atoms with Crippen molar-refractivity contribution in [2.24, 2.45) is 5.41 Å². The molecule has 1 heterocycles. The number of rotatable bonds is 6. The lowest BCUT2D eigenvalue weighted by Gasteiger charge is -2.26. The molecule has 0 aromatic carbocycles. The molecule has 1 saturated heterocycles. The molecule has 100 valence electrons. The Hall–Kier alpha value is -0.650. The minimum Gasteiger partial charge on any atom is -0.396 e. The van der Waals surface area contributed by atoms with E-state index in [0.29, 0.717) is 26.0 Å². The van der Waals surface area contributed by atoms with Gasteiger partial charge < -0.3 is 20.5 Å². The first-order valence-corrected chi connectivity index (χ1v) is 6.23. The Bertz CT molecular complexity index is 238. The zero-order valence-corrected chi connectivity index (χ0v) is 10.8. The number of amides is 1. The number of carbonyl (C=O) groups excluding carboxylic acids is 1. The van der Waals surface area contributed by atoms with Crippen LogP contribution < -0.4 is 10.6 Å². The SMILES string of the molecule is CC(C)(CCO)CNC(=O)CC1CNCCO1. The minimum atomic E-state index is -0.0594. The van der Waals surface area contributed by atoms with Crippen molar-refractivity contribution < 1.29 is 14.6 Å². The molecule has 5 heteroatoms. The fraction of sp³-hybridized carbons (Fsp3) is 0.917. The topological polar surface area (TPSA) is 70.6 Å². The van der Waals surface area contributed by atoms with Gasteiger partial charge in [0.25, 0.3) is 0 Å². The number of aliphatic hydroxyl groups excluding tert-OH is 1. The summed E-state index contributed by atoms with van der Waals surface area (Å²) in [5, 5.41) is 15.0. The summed E-state index contributed by atoms with van der Waals surface area (Å²) in [6.07, 6.45) is 1.08. The van der Waals surface area contributed by atoms with Crippen molar-refractivity contribution in [3.8, 4) is 0 Å². The van der Waals surface area contributed by atoms with Crippen LogP contribution in [0.4, 0.5) is 0 Å². The standard InChI is InChI=1S/C12H24N2O3/c1-12(2,3-5-15)9-14-11(16)7-10-8-13-4-6-17-10/h10,13,15H,3-9H2,1-2H3,(H,14,16). The molecule has 0 aliphatic carbocycles. The van der Waals surface area contributed by atoms with Crippen LogP contribution in [-0.2, 0) is 9.53 Å². The van der Waals surface area contributed by atoms with Gasteiger partial charge in [-0.2, -0.15) is 0 Å². The molecular weight excluding hydrogens is 220 g/mol. The summed E-state index contributed by atoms with van der Waals surface area (Å²) in [6, 6.07) is 0. The molecule has 17 heavy (non-hydrogen) atoms. The molecule has 0 radical (unpaired) electrons. The average molecular weight is 244 g/mol. The maximum Gasteiger partial charge on any atom is 0.222 e. The van der Waals surface area contributed by atoms with E-state index in [4.69, 9.17) is 9.84 Å². The van der Waals surface area contributed by atoms with Crippen molar-refractivity contribution in [3.63, 3.8) is 0 Å². The van der Waals surface area contributed by atoms with Gasteiger partial charge in [0.1, 0.15) is 0 Å². The highest BCUT2D eigenvalue weighted by molar-refractivity contribution is 5.76. The largest absolute Gasteiger partial charge is 0.396 e. The molecule has 0 aromatic heterocycles. The van der Waals surface area contributed by atoms with Crippen molar-refractivity contribution in [2.75, 3.05) is 32.8 Å². The Morgan fingerprint density at radius 1 is 1.59 bits per heavy atom. The third-order valence-corrected chi connectivity index (χ3v) is 2.97. The number of ether oxygens (including phenoxy) is 1. The van der Waals surface area contributed by atoms with E-state index in [9.17, 15) is 4.79 Å². The van der Waals surface area contributed by atoms with Crippen LogP contribution in [0.1, 0.15) is 26.7 Å². The first-order valence-electron chi connectivity index (χ1n) is 6.23. The van der Waals surface area contributed by atoms with E-state index < -0.39 is 0 Å². The number of carbonyl (C=O) groups is 1. The van der Waals surface area contributed by atoms with Crippen LogP contribution in [0.25, 0.3) is 0 Å². The summed E-state index contributed by atoms with van der Waals surface area (Å²) < 4.78 is 5.46. The van der Waals surface area contributed by atoms with E-state index in [1.807, 2.05) is 13.8 Å². The first-order chi connectivity index (χ1) is 8.03. The number of hydrogen-bond acceptors (Lipinski definition) is 4. The number of hydrogen-bond donors (Lipinski definition) is 3. The Morgan fingerprint density at radius 2 is 2.35 bits per heavy atom. The van der Waals surface area contributed by atoms with E-state index in [-0.39, 0.29) is 24.0 Å². The zero-order chi connectivity index (χ0) is 12.7. The van der Waals surface area contributed by atoms with Gasteiger partial charge in [-0.3, -0.25) is 4.79 Å². The Balaban J connectivity index is 2.20. The molecule has 0 aromatic rings. The van der Waals surface area contributed by atoms with Gasteiger partial charge in [-0.25, -0.2) is 0 Å². The molecule has 1 rings (SSSR count).